The van der Waals surface area contributed by atoms with E-state index in [4.69, 9.17) is 16.7 Å². The van der Waals surface area contributed by atoms with Crippen LogP contribution in [0.5, 0.6) is 0 Å². The van der Waals surface area contributed by atoms with Gasteiger partial charge in [0.2, 0.25) is 0 Å². The van der Waals surface area contributed by atoms with Crippen LogP contribution in [0.3, 0.4) is 0 Å². The molecular formula is C25H29ClN4O. The first-order chi connectivity index (χ1) is 15.1. The van der Waals surface area contributed by atoms with E-state index >= 15 is 0 Å². The Kier molecular flexibility index (Phi) is 7.05. The summed E-state index contributed by atoms with van der Waals surface area (Å²) in [6.07, 6.45) is 4.81. The first-order valence-electron chi connectivity index (χ1n) is 11.1. The number of carbonyl (C=O) groups excluding carboxylic acids is 1. The number of nitrogens with one attached hydrogen (secondary N) is 1. The molecule has 1 saturated heterocycles. The molecule has 1 aliphatic rings. The zero-order chi connectivity index (χ0) is 21.6. The van der Waals surface area contributed by atoms with Gasteiger partial charge in [-0.1, -0.05) is 54.4 Å². The number of aromatic nitrogens is 2. The first-order valence-corrected chi connectivity index (χ1v) is 11.4. The van der Waals surface area contributed by atoms with Crippen LogP contribution in [0.4, 0.5) is 0 Å². The lowest BCUT2D eigenvalue weighted by Crippen LogP contribution is -2.39. The smallest absolute Gasteiger partial charge is 0.270 e. The fourth-order valence-corrected chi connectivity index (χ4v) is 4.41. The molecule has 6 heteroatoms. The SMILES string of the molecule is CC1CCCCN1CCCNC(=O)c1cc(-c2ccccc2Cl)nn1-c1ccccc1. The van der Waals surface area contributed by atoms with Gasteiger partial charge in [-0.15, -0.1) is 0 Å². The molecule has 1 amide bonds. The minimum absolute atomic E-state index is 0.124. The van der Waals surface area contributed by atoms with Gasteiger partial charge in [0, 0.05) is 24.7 Å². The van der Waals surface area contributed by atoms with Crippen molar-refractivity contribution in [1.29, 1.82) is 0 Å². The van der Waals surface area contributed by atoms with Crippen LogP contribution in [0, 0.1) is 0 Å². The van der Waals surface area contributed by atoms with E-state index in [9.17, 15) is 4.79 Å². The normalized spacial score (nSPS) is 16.9. The van der Waals surface area contributed by atoms with Gasteiger partial charge >= 0.3 is 0 Å². The molecule has 1 atom stereocenters. The van der Waals surface area contributed by atoms with Crippen LogP contribution >= 0.6 is 11.6 Å². The summed E-state index contributed by atoms with van der Waals surface area (Å²) < 4.78 is 1.70. The van der Waals surface area contributed by atoms with Gasteiger partial charge in [0.25, 0.3) is 5.91 Å². The minimum atomic E-state index is -0.124. The Morgan fingerprint density at radius 3 is 2.68 bits per heavy atom. The van der Waals surface area contributed by atoms with Crippen LogP contribution < -0.4 is 5.32 Å². The summed E-state index contributed by atoms with van der Waals surface area (Å²) in [5, 5.41) is 8.40. The van der Waals surface area contributed by atoms with E-state index in [0.717, 1.165) is 30.8 Å². The van der Waals surface area contributed by atoms with Crippen LogP contribution in [0.2, 0.25) is 5.02 Å². The van der Waals surface area contributed by atoms with Gasteiger partial charge in [-0.2, -0.15) is 5.10 Å². The number of likely N-dealkylation sites (tertiary alicyclic amines) is 1. The molecule has 3 aromatic rings. The highest BCUT2D eigenvalue weighted by Gasteiger charge is 2.20. The predicted octanol–water partition coefficient (Wildman–Crippen LogP) is 5.19. The van der Waals surface area contributed by atoms with Gasteiger partial charge in [-0.05, 0) is 57.0 Å². The number of rotatable bonds is 7. The molecule has 1 N–H and O–H groups in total. The van der Waals surface area contributed by atoms with Crippen LogP contribution in [-0.2, 0) is 0 Å². The summed E-state index contributed by atoms with van der Waals surface area (Å²) in [7, 11) is 0. The fourth-order valence-electron chi connectivity index (χ4n) is 4.17. The third-order valence-electron chi connectivity index (χ3n) is 5.94. The highest BCUT2D eigenvalue weighted by molar-refractivity contribution is 6.33. The molecule has 1 unspecified atom stereocenters. The summed E-state index contributed by atoms with van der Waals surface area (Å²) >= 11 is 6.38. The number of hydrogen-bond donors (Lipinski definition) is 1. The topological polar surface area (TPSA) is 50.2 Å². The lowest BCUT2D eigenvalue weighted by Gasteiger charge is -2.33. The van der Waals surface area contributed by atoms with Gasteiger partial charge in [0.15, 0.2) is 0 Å². The Balaban J connectivity index is 1.49. The number of piperidine rings is 1. The molecule has 162 valence electrons. The maximum atomic E-state index is 13.1. The Morgan fingerprint density at radius 2 is 1.90 bits per heavy atom. The maximum absolute atomic E-state index is 13.1. The second kappa shape index (κ2) is 10.1. The van der Waals surface area contributed by atoms with Crippen LogP contribution in [0.15, 0.2) is 60.7 Å². The van der Waals surface area contributed by atoms with Crippen molar-refractivity contribution < 1.29 is 4.79 Å². The minimum Gasteiger partial charge on any atom is -0.351 e. The van der Waals surface area contributed by atoms with Gasteiger partial charge in [-0.3, -0.25) is 4.79 Å². The molecule has 0 saturated carbocycles. The molecule has 0 spiro atoms. The average Bonchev–Trinajstić information content (AvgIpc) is 3.24. The largest absolute Gasteiger partial charge is 0.351 e. The Labute approximate surface area is 189 Å². The molecule has 0 bridgehead atoms. The summed E-state index contributed by atoms with van der Waals surface area (Å²) in [5.41, 5.74) is 2.84. The second-order valence-electron chi connectivity index (χ2n) is 8.13. The molecule has 5 nitrogen and oxygen atoms in total. The van der Waals surface area contributed by atoms with Crippen molar-refractivity contribution in [3.05, 3.63) is 71.4 Å². The number of hydrogen-bond acceptors (Lipinski definition) is 3. The van der Waals surface area contributed by atoms with Crippen molar-refractivity contribution in [2.24, 2.45) is 0 Å². The standard InChI is InChI=1S/C25H29ClN4O/c1-19-10-7-8-16-29(19)17-9-15-27-25(31)24-18-23(21-13-5-6-14-22(21)26)28-30(24)20-11-3-2-4-12-20/h2-6,11-14,18-19H,7-10,15-17H2,1H3,(H,27,31). The van der Waals surface area contributed by atoms with Crippen molar-refractivity contribution in [2.75, 3.05) is 19.6 Å². The molecule has 31 heavy (non-hydrogen) atoms. The molecule has 0 radical (unpaired) electrons. The lowest BCUT2D eigenvalue weighted by molar-refractivity contribution is 0.0941. The van der Waals surface area contributed by atoms with E-state index in [0.29, 0.717) is 29.0 Å². The third-order valence-corrected chi connectivity index (χ3v) is 6.27. The van der Waals surface area contributed by atoms with E-state index in [1.54, 1.807) is 4.68 Å². The summed E-state index contributed by atoms with van der Waals surface area (Å²) in [6, 6.07) is 19.7. The Morgan fingerprint density at radius 1 is 1.13 bits per heavy atom. The Bertz CT molecular complexity index is 1020. The van der Waals surface area contributed by atoms with Gasteiger partial charge in [0.1, 0.15) is 5.69 Å². The number of para-hydroxylation sites is 1. The van der Waals surface area contributed by atoms with Crippen molar-refractivity contribution in [1.82, 2.24) is 20.0 Å². The quantitative estimate of drug-likeness (QED) is 0.518. The molecule has 2 aromatic carbocycles. The molecule has 2 heterocycles. The van der Waals surface area contributed by atoms with E-state index in [-0.39, 0.29) is 5.91 Å². The zero-order valence-corrected chi connectivity index (χ0v) is 18.7. The van der Waals surface area contributed by atoms with Gasteiger partial charge in [0.05, 0.1) is 16.4 Å². The first kappa shape index (κ1) is 21.6. The number of halogens is 1. The van der Waals surface area contributed by atoms with Crippen LogP contribution in [0.1, 0.15) is 43.1 Å². The van der Waals surface area contributed by atoms with Crippen molar-refractivity contribution in [3.63, 3.8) is 0 Å². The molecule has 1 fully saturated rings. The molecular weight excluding hydrogens is 408 g/mol. The lowest BCUT2D eigenvalue weighted by atomic mass is 10.0. The summed E-state index contributed by atoms with van der Waals surface area (Å²) in [6.45, 7) is 5.12. The summed E-state index contributed by atoms with van der Waals surface area (Å²) in [4.78, 5) is 15.6. The molecule has 4 rings (SSSR count). The number of amides is 1. The van der Waals surface area contributed by atoms with Gasteiger partial charge < -0.3 is 10.2 Å². The molecule has 0 aliphatic carbocycles. The fraction of sp³-hybridized carbons (Fsp3) is 0.360. The maximum Gasteiger partial charge on any atom is 0.270 e. The zero-order valence-electron chi connectivity index (χ0n) is 17.9. The predicted molar refractivity (Wildman–Crippen MR) is 126 cm³/mol. The average molecular weight is 437 g/mol. The number of nitrogens with zero attached hydrogens (tertiary/aromatic N) is 3. The van der Waals surface area contributed by atoms with E-state index < -0.39 is 0 Å². The van der Waals surface area contributed by atoms with Crippen molar-refractivity contribution in [2.45, 2.75) is 38.6 Å². The van der Waals surface area contributed by atoms with Crippen LogP contribution in [-0.4, -0.2) is 46.3 Å². The van der Waals surface area contributed by atoms with E-state index in [1.165, 1.54) is 19.3 Å². The summed E-state index contributed by atoms with van der Waals surface area (Å²) in [5.74, 6) is -0.124. The number of carbonyl (C=O) groups is 1. The Hall–Kier alpha value is -2.63. The van der Waals surface area contributed by atoms with Crippen LogP contribution in [0.25, 0.3) is 16.9 Å². The van der Waals surface area contributed by atoms with E-state index in [2.05, 4.69) is 17.1 Å². The highest BCUT2D eigenvalue weighted by atomic mass is 35.5. The monoisotopic (exact) mass is 436 g/mol. The van der Waals surface area contributed by atoms with Crippen molar-refractivity contribution >= 4 is 17.5 Å². The van der Waals surface area contributed by atoms with Gasteiger partial charge in [-0.25, -0.2) is 4.68 Å². The van der Waals surface area contributed by atoms with Crippen molar-refractivity contribution in [3.8, 4) is 16.9 Å². The molecule has 1 aromatic heterocycles. The highest BCUT2D eigenvalue weighted by Crippen LogP contribution is 2.28. The number of benzene rings is 2. The molecule has 1 aliphatic heterocycles. The third kappa shape index (κ3) is 5.17. The van der Waals surface area contributed by atoms with E-state index in [1.807, 2.05) is 60.7 Å². The second-order valence-corrected chi connectivity index (χ2v) is 8.54.